The minimum atomic E-state index is 0.688. The SMILES string of the molecule is Clc1ccc2c(-c3nc4ccc(NCCCN5CCCC5)cc4[nH]3)n[nH]c2c1. The van der Waals surface area contributed by atoms with Crippen LogP contribution in [0.15, 0.2) is 36.4 Å². The molecule has 3 N–H and O–H groups in total. The maximum absolute atomic E-state index is 6.06. The first-order valence-electron chi connectivity index (χ1n) is 9.86. The summed E-state index contributed by atoms with van der Waals surface area (Å²) in [6.07, 6.45) is 3.86. The molecule has 5 rings (SSSR count). The molecule has 6 nitrogen and oxygen atoms in total. The van der Waals surface area contributed by atoms with Gasteiger partial charge in [-0.25, -0.2) is 4.98 Å². The zero-order chi connectivity index (χ0) is 18.9. The van der Waals surface area contributed by atoms with Crippen molar-refractivity contribution in [1.29, 1.82) is 0 Å². The molecule has 144 valence electrons. The van der Waals surface area contributed by atoms with Gasteiger partial charge < -0.3 is 15.2 Å². The predicted octanol–water partition coefficient (Wildman–Crippen LogP) is 4.66. The Morgan fingerprint density at radius 2 is 1.96 bits per heavy atom. The van der Waals surface area contributed by atoms with Crippen molar-refractivity contribution in [2.45, 2.75) is 19.3 Å². The predicted molar refractivity (Wildman–Crippen MR) is 115 cm³/mol. The minimum Gasteiger partial charge on any atom is -0.385 e. The largest absolute Gasteiger partial charge is 0.385 e. The van der Waals surface area contributed by atoms with E-state index in [1.165, 1.54) is 32.5 Å². The van der Waals surface area contributed by atoms with E-state index in [4.69, 9.17) is 16.6 Å². The standard InChI is InChI=1S/C21H23ClN6/c22-14-4-6-16-18(12-14)26-27-20(16)21-24-17-7-5-15(13-19(17)25-21)23-8-3-11-28-9-1-2-10-28/h4-7,12-13,23H,1-3,8-11H2,(H,24,25)(H,26,27). The fraction of sp³-hybridized carbons (Fsp3) is 0.333. The molecule has 0 aliphatic carbocycles. The topological polar surface area (TPSA) is 72.6 Å². The highest BCUT2D eigenvalue weighted by Gasteiger charge is 2.13. The molecule has 1 fully saturated rings. The minimum absolute atomic E-state index is 0.688. The molecular formula is C21H23ClN6. The summed E-state index contributed by atoms with van der Waals surface area (Å²) in [7, 11) is 0. The Hall–Kier alpha value is -2.57. The van der Waals surface area contributed by atoms with E-state index in [1.807, 2.05) is 24.3 Å². The van der Waals surface area contributed by atoms with Crippen LogP contribution >= 0.6 is 11.6 Å². The molecule has 1 aliphatic rings. The van der Waals surface area contributed by atoms with Gasteiger partial charge in [-0.1, -0.05) is 11.6 Å². The number of anilines is 1. The van der Waals surface area contributed by atoms with Crippen molar-refractivity contribution < 1.29 is 0 Å². The van der Waals surface area contributed by atoms with Crippen LogP contribution in [-0.4, -0.2) is 51.2 Å². The lowest BCUT2D eigenvalue weighted by Gasteiger charge is -2.14. The lowest BCUT2D eigenvalue weighted by atomic mass is 10.2. The molecule has 2 aromatic heterocycles. The smallest absolute Gasteiger partial charge is 0.159 e. The highest BCUT2D eigenvalue weighted by atomic mass is 35.5. The summed E-state index contributed by atoms with van der Waals surface area (Å²) in [6, 6.07) is 12.0. The molecule has 0 spiro atoms. The highest BCUT2D eigenvalue weighted by molar-refractivity contribution is 6.31. The van der Waals surface area contributed by atoms with E-state index in [1.54, 1.807) is 0 Å². The molecule has 0 bridgehead atoms. The number of nitrogens with one attached hydrogen (secondary N) is 3. The van der Waals surface area contributed by atoms with Gasteiger partial charge in [-0.3, -0.25) is 5.10 Å². The van der Waals surface area contributed by atoms with Crippen molar-refractivity contribution in [3.63, 3.8) is 0 Å². The molecule has 0 unspecified atom stereocenters. The molecule has 0 atom stereocenters. The molecule has 1 aliphatic heterocycles. The second-order valence-electron chi connectivity index (χ2n) is 7.41. The maximum Gasteiger partial charge on any atom is 0.159 e. The lowest BCUT2D eigenvalue weighted by Crippen LogP contribution is -2.22. The van der Waals surface area contributed by atoms with Crippen molar-refractivity contribution in [3.8, 4) is 11.5 Å². The lowest BCUT2D eigenvalue weighted by molar-refractivity contribution is 0.337. The number of benzene rings is 2. The van der Waals surface area contributed by atoms with Crippen LogP contribution in [0.3, 0.4) is 0 Å². The molecule has 3 heterocycles. The summed E-state index contributed by atoms with van der Waals surface area (Å²) in [4.78, 5) is 10.7. The van der Waals surface area contributed by atoms with Gasteiger partial charge in [-0.05, 0) is 75.3 Å². The zero-order valence-electron chi connectivity index (χ0n) is 15.6. The van der Waals surface area contributed by atoms with Crippen molar-refractivity contribution in [1.82, 2.24) is 25.1 Å². The van der Waals surface area contributed by atoms with Crippen LogP contribution in [0.5, 0.6) is 0 Å². The van der Waals surface area contributed by atoms with Crippen molar-refractivity contribution in [2.75, 3.05) is 31.5 Å². The number of H-pyrrole nitrogens is 2. The Bertz CT molecular complexity index is 1110. The van der Waals surface area contributed by atoms with Gasteiger partial charge in [-0.2, -0.15) is 5.10 Å². The fourth-order valence-corrected chi connectivity index (χ4v) is 4.12. The van der Waals surface area contributed by atoms with Crippen LogP contribution in [-0.2, 0) is 0 Å². The van der Waals surface area contributed by atoms with Gasteiger partial charge in [0.25, 0.3) is 0 Å². The molecule has 7 heteroatoms. The number of likely N-dealkylation sites (tertiary alicyclic amines) is 1. The first-order chi connectivity index (χ1) is 13.8. The molecule has 1 saturated heterocycles. The number of rotatable bonds is 6. The number of halogens is 1. The summed E-state index contributed by atoms with van der Waals surface area (Å²) in [5.41, 5.74) is 4.77. The van der Waals surface area contributed by atoms with Crippen LogP contribution in [0.4, 0.5) is 5.69 Å². The number of fused-ring (bicyclic) bond motifs is 2. The van der Waals surface area contributed by atoms with Crippen LogP contribution in [0, 0.1) is 0 Å². The number of hydrogen-bond acceptors (Lipinski definition) is 4. The average molecular weight is 395 g/mol. The Morgan fingerprint density at radius 1 is 1.07 bits per heavy atom. The van der Waals surface area contributed by atoms with E-state index in [2.05, 4.69) is 37.5 Å². The molecule has 0 saturated carbocycles. The molecule has 2 aromatic carbocycles. The van der Waals surface area contributed by atoms with Crippen molar-refractivity contribution in [3.05, 3.63) is 41.4 Å². The van der Waals surface area contributed by atoms with Crippen LogP contribution in [0.25, 0.3) is 33.5 Å². The first kappa shape index (κ1) is 17.5. The second kappa shape index (κ2) is 7.45. The van der Waals surface area contributed by atoms with Crippen LogP contribution < -0.4 is 5.32 Å². The molecule has 0 radical (unpaired) electrons. The summed E-state index contributed by atoms with van der Waals surface area (Å²) >= 11 is 6.06. The third kappa shape index (κ3) is 3.45. The number of aromatic amines is 2. The van der Waals surface area contributed by atoms with E-state index in [9.17, 15) is 0 Å². The Balaban J connectivity index is 1.31. The van der Waals surface area contributed by atoms with Crippen LogP contribution in [0.2, 0.25) is 5.02 Å². The molecular weight excluding hydrogens is 372 g/mol. The quantitative estimate of drug-likeness (QED) is 0.416. The summed E-state index contributed by atoms with van der Waals surface area (Å²) < 4.78 is 0. The highest BCUT2D eigenvalue weighted by Crippen LogP contribution is 2.28. The van der Waals surface area contributed by atoms with Gasteiger partial charge >= 0.3 is 0 Å². The number of hydrogen-bond donors (Lipinski definition) is 3. The zero-order valence-corrected chi connectivity index (χ0v) is 16.4. The van der Waals surface area contributed by atoms with Gasteiger partial charge in [0.1, 0.15) is 5.69 Å². The Kier molecular flexibility index (Phi) is 4.66. The first-order valence-corrected chi connectivity index (χ1v) is 10.2. The van der Waals surface area contributed by atoms with E-state index in [0.29, 0.717) is 5.02 Å². The number of imidazole rings is 1. The van der Waals surface area contributed by atoms with Crippen LogP contribution in [0.1, 0.15) is 19.3 Å². The van der Waals surface area contributed by atoms with Gasteiger partial charge in [0.15, 0.2) is 5.82 Å². The van der Waals surface area contributed by atoms with Crippen molar-refractivity contribution in [2.24, 2.45) is 0 Å². The third-order valence-electron chi connectivity index (χ3n) is 5.41. The summed E-state index contributed by atoms with van der Waals surface area (Å²) in [5.74, 6) is 0.759. The van der Waals surface area contributed by atoms with E-state index in [-0.39, 0.29) is 0 Å². The second-order valence-corrected chi connectivity index (χ2v) is 7.84. The maximum atomic E-state index is 6.06. The summed E-state index contributed by atoms with van der Waals surface area (Å²) in [6.45, 7) is 4.68. The van der Waals surface area contributed by atoms with Gasteiger partial charge in [0.05, 0.1) is 16.6 Å². The van der Waals surface area contributed by atoms with E-state index >= 15 is 0 Å². The van der Waals surface area contributed by atoms with Gasteiger partial charge in [-0.15, -0.1) is 0 Å². The fourth-order valence-electron chi connectivity index (χ4n) is 3.95. The normalized spacial score (nSPS) is 15.0. The Labute approximate surface area is 168 Å². The number of nitrogens with zero attached hydrogens (tertiary/aromatic N) is 3. The molecule has 0 amide bonds. The van der Waals surface area contributed by atoms with E-state index in [0.717, 1.165) is 52.1 Å². The average Bonchev–Trinajstić information content (AvgIpc) is 3.43. The Morgan fingerprint density at radius 3 is 2.86 bits per heavy atom. The van der Waals surface area contributed by atoms with E-state index < -0.39 is 0 Å². The van der Waals surface area contributed by atoms with Gasteiger partial charge in [0.2, 0.25) is 0 Å². The van der Waals surface area contributed by atoms with Crippen molar-refractivity contribution >= 4 is 39.2 Å². The third-order valence-corrected chi connectivity index (χ3v) is 5.65. The number of aromatic nitrogens is 4. The van der Waals surface area contributed by atoms with Gasteiger partial charge in [0, 0.05) is 22.6 Å². The monoisotopic (exact) mass is 394 g/mol. The molecule has 4 aromatic rings. The summed E-state index contributed by atoms with van der Waals surface area (Å²) in [5, 5.41) is 12.7. The molecule has 28 heavy (non-hydrogen) atoms.